The molecule has 1 amide bonds. The van der Waals surface area contributed by atoms with Crippen molar-refractivity contribution in [2.75, 3.05) is 26.2 Å². The Morgan fingerprint density at radius 3 is 2.54 bits per heavy atom. The lowest BCUT2D eigenvalue weighted by Gasteiger charge is -2.18. The Morgan fingerprint density at radius 2 is 2.08 bits per heavy atom. The smallest absolute Gasteiger partial charge is 0.236 e. The van der Waals surface area contributed by atoms with Crippen molar-refractivity contribution in [3.8, 4) is 0 Å². The molecule has 0 rings (SSSR count). The van der Waals surface area contributed by atoms with Crippen LogP contribution >= 0.6 is 0 Å². The van der Waals surface area contributed by atoms with E-state index in [1.165, 1.54) is 0 Å². The number of carbonyl (C=O) groups excluding carboxylic acids is 1. The zero-order valence-electron chi connectivity index (χ0n) is 8.68. The van der Waals surface area contributed by atoms with Crippen molar-refractivity contribution >= 4 is 5.91 Å². The second kappa shape index (κ2) is 7.80. The minimum absolute atomic E-state index is 0.175. The Kier molecular flexibility index (Phi) is 7.30. The quantitative estimate of drug-likeness (QED) is 0.473. The molecule has 3 nitrogen and oxygen atoms in total. The van der Waals surface area contributed by atoms with Crippen molar-refractivity contribution < 1.29 is 4.79 Å². The summed E-state index contributed by atoms with van der Waals surface area (Å²) in [7, 11) is 0. The van der Waals surface area contributed by atoms with Crippen LogP contribution in [0.4, 0.5) is 0 Å². The van der Waals surface area contributed by atoms with Gasteiger partial charge < -0.3 is 10.2 Å². The van der Waals surface area contributed by atoms with E-state index in [2.05, 4.69) is 11.9 Å². The fraction of sp³-hybridized carbons (Fsp3) is 0.700. The van der Waals surface area contributed by atoms with Gasteiger partial charge in [-0.25, -0.2) is 0 Å². The van der Waals surface area contributed by atoms with E-state index in [0.29, 0.717) is 6.54 Å². The highest BCUT2D eigenvalue weighted by Crippen LogP contribution is 1.87. The second-order valence-corrected chi connectivity index (χ2v) is 2.82. The van der Waals surface area contributed by atoms with Gasteiger partial charge in [0.2, 0.25) is 5.91 Å². The molecule has 0 radical (unpaired) electrons. The van der Waals surface area contributed by atoms with E-state index in [9.17, 15) is 4.79 Å². The zero-order valence-corrected chi connectivity index (χ0v) is 8.68. The summed E-state index contributed by atoms with van der Waals surface area (Å²) >= 11 is 0. The molecule has 0 fully saturated rings. The first kappa shape index (κ1) is 12.2. The van der Waals surface area contributed by atoms with E-state index in [0.717, 1.165) is 26.1 Å². The second-order valence-electron chi connectivity index (χ2n) is 2.82. The van der Waals surface area contributed by atoms with Crippen LogP contribution in [0.3, 0.4) is 0 Å². The number of hydrogen-bond acceptors (Lipinski definition) is 2. The molecular formula is C10H20N2O. The van der Waals surface area contributed by atoms with Crippen LogP contribution in [0.25, 0.3) is 0 Å². The fourth-order valence-electron chi connectivity index (χ4n) is 1.09. The molecule has 0 aliphatic heterocycles. The molecule has 76 valence electrons. The molecule has 0 heterocycles. The number of hydrogen-bond donors (Lipinski definition) is 1. The highest BCUT2D eigenvalue weighted by atomic mass is 16.2. The third-order valence-corrected chi connectivity index (χ3v) is 1.92. The SMILES string of the molecule is C=CCCNCC(=O)N(CC)CC. The number of carbonyl (C=O) groups is 1. The van der Waals surface area contributed by atoms with Gasteiger partial charge in [-0.3, -0.25) is 4.79 Å². The highest BCUT2D eigenvalue weighted by Gasteiger charge is 2.07. The third kappa shape index (κ3) is 5.42. The summed E-state index contributed by atoms with van der Waals surface area (Å²) in [5.74, 6) is 0.175. The first-order valence-electron chi connectivity index (χ1n) is 4.85. The molecule has 0 aliphatic carbocycles. The molecule has 0 spiro atoms. The largest absolute Gasteiger partial charge is 0.342 e. The lowest BCUT2D eigenvalue weighted by atomic mass is 10.4. The van der Waals surface area contributed by atoms with E-state index in [1.54, 1.807) is 0 Å². The van der Waals surface area contributed by atoms with Crippen LogP contribution in [0.5, 0.6) is 0 Å². The van der Waals surface area contributed by atoms with Crippen molar-refractivity contribution in [2.24, 2.45) is 0 Å². The van der Waals surface area contributed by atoms with Crippen molar-refractivity contribution in [3.63, 3.8) is 0 Å². The minimum atomic E-state index is 0.175. The van der Waals surface area contributed by atoms with Crippen LogP contribution in [-0.2, 0) is 4.79 Å². The number of nitrogens with one attached hydrogen (secondary N) is 1. The molecule has 13 heavy (non-hydrogen) atoms. The van der Waals surface area contributed by atoms with E-state index in [1.807, 2.05) is 24.8 Å². The molecular weight excluding hydrogens is 164 g/mol. The molecule has 0 bridgehead atoms. The van der Waals surface area contributed by atoms with E-state index >= 15 is 0 Å². The minimum Gasteiger partial charge on any atom is -0.342 e. The Balaban J connectivity index is 3.54. The van der Waals surface area contributed by atoms with E-state index < -0.39 is 0 Å². The molecule has 0 saturated carbocycles. The topological polar surface area (TPSA) is 32.3 Å². The first-order valence-corrected chi connectivity index (χ1v) is 4.85. The summed E-state index contributed by atoms with van der Waals surface area (Å²) < 4.78 is 0. The van der Waals surface area contributed by atoms with Crippen LogP contribution < -0.4 is 5.32 Å². The lowest BCUT2D eigenvalue weighted by molar-refractivity contribution is -0.129. The normalized spacial score (nSPS) is 9.69. The Labute approximate surface area is 80.8 Å². The van der Waals surface area contributed by atoms with Crippen LogP contribution in [0, 0.1) is 0 Å². The molecule has 0 aromatic heterocycles. The fourth-order valence-corrected chi connectivity index (χ4v) is 1.09. The van der Waals surface area contributed by atoms with Gasteiger partial charge >= 0.3 is 0 Å². The van der Waals surface area contributed by atoms with E-state index in [4.69, 9.17) is 0 Å². The summed E-state index contributed by atoms with van der Waals surface area (Å²) in [6.45, 7) is 10.4. The molecule has 1 N–H and O–H groups in total. The van der Waals surface area contributed by atoms with Crippen LogP contribution in [-0.4, -0.2) is 37.0 Å². The highest BCUT2D eigenvalue weighted by molar-refractivity contribution is 5.78. The predicted octanol–water partition coefficient (Wildman–Crippen LogP) is 1.02. The molecule has 3 heteroatoms. The summed E-state index contributed by atoms with van der Waals surface area (Å²) in [5.41, 5.74) is 0. The number of nitrogens with zero attached hydrogens (tertiary/aromatic N) is 1. The number of likely N-dealkylation sites (N-methyl/N-ethyl adjacent to an activating group) is 1. The van der Waals surface area contributed by atoms with Crippen LogP contribution in [0.2, 0.25) is 0 Å². The van der Waals surface area contributed by atoms with Gasteiger partial charge in [0, 0.05) is 13.1 Å². The zero-order chi connectivity index (χ0) is 10.1. The van der Waals surface area contributed by atoms with Gasteiger partial charge in [0.05, 0.1) is 6.54 Å². The molecule has 0 atom stereocenters. The Hall–Kier alpha value is -0.830. The van der Waals surface area contributed by atoms with E-state index in [-0.39, 0.29) is 5.91 Å². The van der Waals surface area contributed by atoms with Gasteiger partial charge in [-0.15, -0.1) is 6.58 Å². The lowest BCUT2D eigenvalue weighted by Crippen LogP contribution is -2.38. The van der Waals surface area contributed by atoms with Gasteiger partial charge in [0.25, 0.3) is 0 Å². The molecule has 0 aliphatic rings. The van der Waals surface area contributed by atoms with Crippen LogP contribution in [0.15, 0.2) is 12.7 Å². The van der Waals surface area contributed by atoms with Crippen molar-refractivity contribution in [3.05, 3.63) is 12.7 Å². The number of rotatable bonds is 7. The standard InChI is InChI=1S/C10H20N2O/c1-4-7-8-11-9-10(13)12(5-2)6-3/h4,11H,1,5-9H2,2-3H3. The Morgan fingerprint density at radius 1 is 1.46 bits per heavy atom. The van der Waals surface area contributed by atoms with Gasteiger partial charge in [0.1, 0.15) is 0 Å². The maximum Gasteiger partial charge on any atom is 0.236 e. The van der Waals surface area contributed by atoms with Crippen molar-refractivity contribution in [1.29, 1.82) is 0 Å². The third-order valence-electron chi connectivity index (χ3n) is 1.92. The number of amides is 1. The average Bonchev–Trinajstić information content (AvgIpc) is 2.14. The average molecular weight is 184 g/mol. The van der Waals surface area contributed by atoms with Gasteiger partial charge in [-0.05, 0) is 26.8 Å². The molecule has 0 saturated heterocycles. The van der Waals surface area contributed by atoms with Gasteiger partial charge in [-0.2, -0.15) is 0 Å². The van der Waals surface area contributed by atoms with Crippen molar-refractivity contribution in [1.82, 2.24) is 10.2 Å². The first-order chi connectivity index (χ1) is 6.26. The summed E-state index contributed by atoms with van der Waals surface area (Å²) in [6.07, 6.45) is 2.75. The van der Waals surface area contributed by atoms with Gasteiger partial charge in [0.15, 0.2) is 0 Å². The summed E-state index contributed by atoms with van der Waals surface area (Å²) in [5, 5.41) is 3.07. The Bertz CT molecular complexity index is 153. The van der Waals surface area contributed by atoms with Crippen LogP contribution in [0.1, 0.15) is 20.3 Å². The maximum atomic E-state index is 11.4. The van der Waals surface area contributed by atoms with Crippen molar-refractivity contribution in [2.45, 2.75) is 20.3 Å². The maximum absolute atomic E-state index is 11.4. The molecule has 0 unspecified atom stereocenters. The monoisotopic (exact) mass is 184 g/mol. The van der Waals surface area contributed by atoms with Gasteiger partial charge in [-0.1, -0.05) is 6.08 Å². The summed E-state index contributed by atoms with van der Waals surface area (Å²) in [4.78, 5) is 13.2. The summed E-state index contributed by atoms with van der Waals surface area (Å²) in [6, 6.07) is 0. The predicted molar refractivity (Wildman–Crippen MR) is 55.6 cm³/mol. The molecule has 0 aromatic carbocycles. The molecule has 0 aromatic rings.